The maximum absolute atomic E-state index is 12.8. The number of benzene rings is 2. The van der Waals surface area contributed by atoms with Crippen molar-refractivity contribution in [3.63, 3.8) is 0 Å². The molecule has 1 saturated heterocycles. The quantitative estimate of drug-likeness (QED) is 0.517. The summed E-state index contributed by atoms with van der Waals surface area (Å²) in [7, 11) is 0. The third-order valence-electron chi connectivity index (χ3n) is 3.53. The minimum atomic E-state index is -0.232. The molecule has 0 unspecified atom stereocenters. The molecule has 0 aliphatic carbocycles. The fraction of sp³-hybridized carbons (Fsp3) is 0.111. The average Bonchev–Trinajstić information content (AvgIpc) is 2.87. The molecule has 0 aromatic heterocycles. The van der Waals surface area contributed by atoms with Gasteiger partial charge < -0.3 is 9.84 Å². The molecule has 134 valence electrons. The number of anilines is 1. The fourth-order valence-electron chi connectivity index (χ4n) is 2.37. The number of ether oxygens (including phenoxy) is 1. The van der Waals surface area contributed by atoms with Gasteiger partial charge in [0.15, 0.2) is 15.8 Å². The molecule has 0 bridgehead atoms. The van der Waals surface area contributed by atoms with Crippen LogP contribution in [0.2, 0.25) is 10.0 Å². The Labute approximate surface area is 170 Å². The van der Waals surface area contributed by atoms with E-state index in [-0.39, 0.29) is 22.4 Å². The van der Waals surface area contributed by atoms with Crippen LogP contribution in [0.3, 0.4) is 0 Å². The molecule has 1 fully saturated rings. The summed E-state index contributed by atoms with van der Waals surface area (Å²) in [5.41, 5.74) is 1.28. The van der Waals surface area contributed by atoms with Crippen LogP contribution in [-0.2, 0) is 4.79 Å². The molecule has 1 aliphatic rings. The molecule has 1 aliphatic heterocycles. The molecule has 0 spiro atoms. The lowest BCUT2D eigenvalue weighted by Gasteiger charge is -2.14. The van der Waals surface area contributed by atoms with Crippen LogP contribution in [-0.4, -0.2) is 21.9 Å². The summed E-state index contributed by atoms with van der Waals surface area (Å²) in [6.45, 7) is 2.18. The lowest BCUT2D eigenvalue weighted by Crippen LogP contribution is -2.27. The normalized spacial score (nSPS) is 15.8. The van der Waals surface area contributed by atoms with Gasteiger partial charge in [0.25, 0.3) is 5.91 Å². The lowest BCUT2D eigenvalue weighted by atomic mass is 10.1. The standard InChI is InChI=1S/C18H13Cl2NO3S2/c1-2-24-14-8-10(7-13(20)16(14)22)9-15-17(23)21(18(25)26-15)12-5-3-11(19)4-6-12/h3-9,22H,2H2,1H3. The number of thiocarbonyl (C=S) groups is 1. The number of aromatic hydroxyl groups is 1. The van der Waals surface area contributed by atoms with Gasteiger partial charge in [0.2, 0.25) is 0 Å². The van der Waals surface area contributed by atoms with E-state index in [0.29, 0.717) is 32.1 Å². The van der Waals surface area contributed by atoms with Crippen molar-refractivity contribution in [1.82, 2.24) is 0 Å². The van der Waals surface area contributed by atoms with Crippen molar-refractivity contribution < 1.29 is 14.6 Å². The van der Waals surface area contributed by atoms with Crippen molar-refractivity contribution in [3.8, 4) is 11.5 Å². The zero-order valence-corrected chi connectivity index (χ0v) is 16.7. The summed E-state index contributed by atoms with van der Waals surface area (Å²) in [4.78, 5) is 14.7. The molecule has 0 saturated carbocycles. The Kier molecular flexibility index (Phi) is 5.77. The Hall–Kier alpha value is -1.73. The van der Waals surface area contributed by atoms with Gasteiger partial charge in [-0.2, -0.15) is 0 Å². The molecule has 0 atom stereocenters. The lowest BCUT2D eigenvalue weighted by molar-refractivity contribution is -0.113. The first kappa shape index (κ1) is 19.0. The minimum Gasteiger partial charge on any atom is -0.503 e. The van der Waals surface area contributed by atoms with Crippen LogP contribution in [0.5, 0.6) is 11.5 Å². The smallest absolute Gasteiger partial charge is 0.270 e. The molecule has 0 radical (unpaired) electrons. The summed E-state index contributed by atoms with van der Waals surface area (Å²) < 4.78 is 5.80. The Morgan fingerprint density at radius 3 is 2.62 bits per heavy atom. The number of carbonyl (C=O) groups excluding carboxylic acids is 1. The summed E-state index contributed by atoms with van der Waals surface area (Å²) in [5.74, 6) is -0.0942. The van der Waals surface area contributed by atoms with Crippen molar-refractivity contribution in [2.75, 3.05) is 11.5 Å². The molecular weight excluding hydrogens is 413 g/mol. The van der Waals surface area contributed by atoms with Crippen molar-refractivity contribution in [1.29, 1.82) is 0 Å². The summed E-state index contributed by atoms with van der Waals surface area (Å²) in [6, 6.07) is 10.1. The monoisotopic (exact) mass is 425 g/mol. The van der Waals surface area contributed by atoms with Crippen LogP contribution in [0.25, 0.3) is 6.08 Å². The Morgan fingerprint density at radius 1 is 1.27 bits per heavy atom. The molecule has 4 nitrogen and oxygen atoms in total. The van der Waals surface area contributed by atoms with E-state index in [2.05, 4.69) is 0 Å². The van der Waals surface area contributed by atoms with Gasteiger partial charge in [0.05, 0.1) is 22.2 Å². The van der Waals surface area contributed by atoms with Gasteiger partial charge in [-0.1, -0.05) is 47.2 Å². The van der Waals surface area contributed by atoms with Crippen LogP contribution >= 0.6 is 47.2 Å². The van der Waals surface area contributed by atoms with E-state index in [4.69, 9.17) is 40.2 Å². The van der Waals surface area contributed by atoms with Crippen LogP contribution in [0, 0.1) is 0 Å². The number of rotatable bonds is 4. The second-order valence-electron chi connectivity index (χ2n) is 5.28. The number of hydrogen-bond donors (Lipinski definition) is 1. The third-order valence-corrected chi connectivity index (χ3v) is 5.37. The van der Waals surface area contributed by atoms with Gasteiger partial charge in [0.1, 0.15) is 0 Å². The van der Waals surface area contributed by atoms with Crippen LogP contribution < -0.4 is 9.64 Å². The Morgan fingerprint density at radius 2 is 1.96 bits per heavy atom. The van der Waals surface area contributed by atoms with Gasteiger partial charge in [0, 0.05) is 5.02 Å². The van der Waals surface area contributed by atoms with E-state index in [1.165, 1.54) is 16.7 Å². The first-order valence-electron chi connectivity index (χ1n) is 7.59. The molecule has 1 heterocycles. The summed E-state index contributed by atoms with van der Waals surface area (Å²) in [6.07, 6.45) is 1.67. The topological polar surface area (TPSA) is 49.8 Å². The van der Waals surface area contributed by atoms with Gasteiger partial charge in [-0.3, -0.25) is 9.69 Å². The number of carbonyl (C=O) groups is 1. The fourth-order valence-corrected chi connectivity index (χ4v) is 4.02. The maximum atomic E-state index is 12.8. The molecule has 8 heteroatoms. The van der Waals surface area contributed by atoms with Crippen molar-refractivity contribution in [2.24, 2.45) is 0 Å². The van der Waals surface area contributed by atoms with Crippen molar-refractivity contribution in [3.05, 3.63) is 56.9 Å². The second kappa shape index (κ2) is 7.88. The SMILES string of the molecule is CCOc1cc(C=C2SC(=S)N(c3ccc(Cl)cc3)C2=O)cc(Cl)c1O. The number of nitrogens with zero attached hydrogens (tertiary/aromatic N) is 1. The molecule has 2 aromatic carbocycles. The van der Waals surface area contributed by atoms with E-state index in [1.54, 1.807) is 49.4 Å². The van der Waals surface area contributed by atoms with Crippen LogP contribution in [0.15, 0.2) is 41.3 Å². The number of halogens is 2. The third kappa shape index (κ3) is 3.83. The van der Waals surface area contributed by atoms with Crippen LogP contribution in [0.4, 0.5) is 5.69 Å². The van der Waals surface area contributed by atoms with Gasteiger partial charge >= 0.3 is 0 Å². The minimum absolute atomic E-state index is 0.126. The largest absolute Gasteiger partial charge is 0.503 e. The number of phenolic OH excluding ortho intramolecular Hbond substituents is 1. The maximum Gasteiger partial charge on any atom is 0.270 e. The molecule has 1 amide bonds. The Bertz CT molecular complexity index is 913. The van der Waals surface area contributed by atoms with Gasteiger partial charge in [-0.15, -0.1) is 0 Å². The molecule has 26 heavy (non-hydrogen) atoms. The highest BCUT2D eigenvalue weighted by atomic mass is 35.5. The number of phenols is 1. The summed E-state index contributed by atoms with van der Waals surface area (Å²) >= 11 is 18.5. The van der Waals surface area contributed by atoms with Crippen LogP contribution in [0.1, 0.15) is 12.5 Å². The highest BCUT2D eigenvalue weighted by molar-refractivity contribution is 8.27. The Balaban J connectivity index is 1.94. The van der Waals surface area contributed by atoms with E-state index in [9.17, 15) is 9.90 Å². The van der Waals surface area contributed by atoms with Gasteiger partial charge in [-0.05, 0) is 55.0 Å². The number of thioether (sulfide) groups is 1. The van der Waals surface area contributed by atoms with Crippen molar-refractivity contribution in [2.45, 2.75) is 6.92 Å². The molecule has 3 rings (SSSR count). The average molecular weight is 426 g/mol. The first-order valence-corrected chi connectivity index (χ1v) is 9.57. The van der Waals surface area contributed by atoms with E-state index < -0.39 is 0 Å². The zero-order chi connectivity index (χ0) is 18.8. The van der Waals surface area contributed by atoms with E-state index >= 15 is 0 Å². The number of amides is 1. The van der Waals surface area contributed by atoms with E-state index in [1.807, 2.05) is 0 Å². The van der Waals surface area contributed by atoms with Gasteiger partial charge in [-0.25, -0.2) is 0 Å². The van der Waals surface area contributed by atoms with Crippen molar-refractivity contribution >= 4 is 69.2 Å². The zero-order valence-electron chi connectivity index (χ0n) is 13.5. The first-order chi connectivity index (χ1) is 12.4. The summed E-state index contributed by atoms with van der Waals surface area (Å²) in [5, 5.41) is 10.7. The molecular formula is C18H13Cl2NO3S2. The number of hydrogen-bond acceptors (Lipinski definition) is 5. The predicted octanol–water partition coefficient (Wildman–Crippen LogP) is 5.50. The van der Waals surface area contributed by atoms with E-state index in [0.717, 1.165) is 0 Å². The second-order valence-corrected chi connectivity index (χ2v) is 7.80. The molecule has 1 N–H and O–H groups in total. The highest BCUT2D eigenvalue weighted by Crippen LogP contribution is 2.39. The molecule has 2 aromatic rings. The predicted molar refractivity (Wildman–Crippen MR) is 111 cm³/mol. The highest BCUT2D eigenvalue weighted by Gasteiger charge is 2.33.